The lowest BCUT2D eigenvalue weighted by Gasteiger charge is -2.14. The van der Waals surface area contributed by atoms with E-state index in [9.17, 15) is 26.3 Å². The van der Waals surface area contributed by atoms with Crippen LogP contribution in [0.2, 0.25) is 0 Å². The lowest BCUT2D eigenvalue weighted by atomic mass is 10.0. The molecule has 1 aromatic heterocycles. The zero-order chi connectivity index (χ0) is 15.8. The molecule has 0 radical (unpaired) electrons. The molecule has 0 saturated carbocycles. The minimum Gasteiger partial charge on any atom is -0.251 e. The van der Waals surface area contributed by atoms with Gasteiger partial charge in [0.1, 0.15) is 0 Å². The molecule has 0 atom stereocenters. The number of halogens is 7. The largest absolute Gasteiger partial charge is 0.433 e. The monoisotopic (exact) mass is 417 g/mol. The Morgan fingerprint density at radius 2 is 1.38 bits per heavy atom. The van der Waals surface area contributed by atoms with Gasteiger partial charge in [0.2, 0.25) is 0 Å². The molecule has 0 bridgehead atoms. The van der Waals surface area contributed by atoms with Crippen LogP contribution < -0.4 is 0 Å². The van der Waals surface area contributed by atoms with Gasteiger partial charge in [-0.1, -0.05) is 12.1 Å². The molecule has 0 fully saturated rings. The summed E-state index contributed by atoms with van der Waals surface area (Å²) in [7, 11) is 0. The summed E-state index contributed by atoms with van der Waals surface area (Å²) in [6.45, 7) is 0. The van der Waals surface area contributed by atoms with Crippen molar-refractivity contribution in [2.24, 2.45) is 0 Å². The van der Waals surface area contributed by atoms with Crippen molar-refractivity contribution in [1.82, 2.24) is 4.98 Å². The van der Waals surface area contributed by atoms with Crippen LogP contribution in [0.4, 0.5) is 26.3 Å². The number of rotatable bonds is 1. The molecule has 0 N–H and O–H groups in total. The maximum Gasteiger partial charge on any atom is 0.433 e. The Kier molecular flexibility index (Phi) is 4.18. The number of hydrogen-bond acceptors (Lipinski definition) is 1. The third-order valence-corrected chi connectivity index (χ3v) is 3.57. The molecule has 112 valence electrons. The minimum atomic E-state index is -4.68. The Bertz CT molecular complexity index is 645. The first-order chi connectivity index (χ1) is 9.60. The van der Waals surface area contributed by atoms with E-state index in [0.717, 1.165) is 30.5 Å². The Morgan fingerprint density at radius 1 is 0.810 bits per heavy atom. The number of nitrogens with zero attached hydrogens (tertiary/aromatic N) is 1. The van der Waals surface area contributed by atoms with E-state index in [0.29, 0.717) is 0 Å². The molecule has 0 spiro atoms. The molecule has 2 aromatic rings. The Hall–Kier alpha value is -1.32. The summed E-state index contributed by atoms with van der Waals surface area (Å²) in [4.78, 5) is 3.31. The van der Waals surface area contributed by atoms with Crippen LogP contribution in [0.25, 0.3) is 11.1 Å². The van der Waals surface area contributed by atoms with Gasteiger partial charge in [-0.15, -0.1) is 0 Å². The first-order valence-corrected chi connectivity index (χ1v) is 6.58. The van der Waals surface area contributed by atoms with Crippen molar-refractivity contribution in [1.29, 1.82) is 0 Å². The van der Waals surface area contributed by atoms with Crippen molar-refractivity contribution >= 4 is 22.6 Å². The molecule has 8 heteroatoms. The Labute approximate surface area is 129 Å². The van der Waals surface area contributed by atoms with E-state index < -0.39 is 23.6 Å². The quantitative estimate of drug-likeness (QED) is 0.448. The van der Waals surface area contributed by atoms with Gasteiger partial charge in [-0.3, -0.25) is 4.98 Å². The topological polar surface area (TPSA) is 12.9 Å². The van der Waals surface area contributed by atoms with Gasteiger partial charge >= 0.3 is 12.4 Å². The van der Waals surface area contributed by atoms with Crippen LogP contribution in [0, 0.1) is 3.57 Å². The molecule has 2 rings (SSSR count). The van der Waals surface area contributed by atoms with E-state index in [1.807, 2.05) is 0 Å². The molecular weight excluding hydrogens is 411 g/mol. The van der Waals surface area contributed by atoms with Gasteiger partial charge in [0.25, 0.3) is 0 Å². The normalized spacial score (nSPS) is 12.5. The molecule has 1 nitrogen and oxygen atoms in total. The molecule has 0 aliphatic heterocycles. The number of pyridine rings is 1. The van der Waals surface area contributed by atoms with Crippen molar-refractivity contribution in [2.75, 3.05) is 0 Å². The second-order valence-corrected chi connectivity index (χ2v) is 5.25. The second kappa shape index (κ2) is 5.47. The molecule has 0 unspecified atom stereocenters. The zero-order valence-electron chi connectivity index (χ0n) is 10.1. The molecule has 1 heterocycles. The standard InChI is InChI=1S/C13H6F6IN/c14-12(15,16)8-3-1-7(2-4-8)10-9(20)5-6-21-11(10)13(17,18)19/h1-6H. The van der Waals surface area contributed by atoms with E-state index in [-0.39, 0.29) is 14.7 Å². The summed E-state index contributed by atoms with van der Waals surface area (Å²) in [5.41, 5.74) is -2.22. The van der Waals surface area contributed by atoms with Gasteiger partial charge in [0.15, 0.2) is 5.69 Å². The molecule has 0 amide bonds. The molecule has 0 aliphatic rings. The summed E-state index contributed by atoms with van der Waals surface area (Å²) in [5, 5.41) is 0. The van der Waals surface area contributed by atoms with Crippen LogP contribution in [-0.4, -0.2) is 4.98 Å². The Balaban J connectivity index is 2.57. The van der Waals surface area contributed by atoms with E-state index in [1.54, 1.807) is 22.6 Å². The van der Waals surface area contributed by atoms with Gasteiger partial charge in [-0.05, 0) is 46.4 Å². The fourth-order valence-corrected chi connectivity index (χ4v) is 2.48. The van der Waals surface area contributed by atoms with E-state index in [1.165, 1.54) is 6.07 Å². The predicted octanol–water partition coefficient (Wildman–Crippen LogP) is 5.39. The van der Waals surface area contributed by atoms with Crippen molar-refractivity contribution in [2.45, 2.75) is 12.4 Å². The smallest absolute Gasteiger partial charge is 0.251 e. The van der Waals surface area contributed by atoms with Crippen LogP contribution in [0.15, 0.2) is 36.5 Å². The van der Waals surface area contributed by atoms with E-state index in [2.05, 4.69) is 4.98 Å². The molecular formula is C13H6F6IN. The SMILES string of the molecule is FC(F)(F)c1ccc(-c2c(I)ccnc2C(F)(F)F)cc1. The van der Waals surface area contributed by atoms with Crippen LogP contribution in [0.1, 0.15) is 11.3 Å². The molecule has 0 aliphatic carbocycles. The highest BCUT2D eigenvalue weighted by atomic mass is 127. The van der Waals surface area contributed by atoms with Gasteiger partial charge < -0.3 is 0 Å². The molecule has 1 aromatic carbocycles. The number of alkyl halides is 6. The first kappa shape index (κ1) is 16.1. The third kappa shape index (κ3) is 3.47. The number of aromatic nitrogens is 1. The van der Waals surface area contributed by atoms with Crippen molar-refractivity contribution in [3.05, 3.63) is 51.4 Å². The highest BCUT2D eigenvalue weighted by molar-refractivity contribution is 14.1. The zero-order valence-corrected chi connectivity index (χ0v) is 12.2. The third-order valence-electron chi connectivity index (χ3n) is 2.67. The average Bonchev–Trinajstić information content (AvgIpc) is 2.36. The molecule has 21 heavy (non-hydrogen) atoms. The fourth-order valence-electron chi connectivity index (χ4n) is 1.75. The molecule has 0 saturated heterocycles. The van der Waals surface area contributed by atoms with Gasteiger partial charge in [0.05, 0.1) is 5.56 Å². The highest BCUT2D eigenvalue weighted by Crippen LogP contribution is 2.39. The summed E-state index contributed by atoms with van der Waals surface area (Å²) in [5.74, 6) is 0. The van der Waals surface area contributed by atoms with Crippen molar-refractivity contribution in [3.63, 3.8) is 0 Å². The average molecular weight is 417 g/mol. The van der Waals surface area contributed by atoms with Crippen LogP contribution in [0.5, 0.6) is 0 Å². The number of hydrogen-bond donors (Lipinski definition) is 0. The van der Waals surface area contributed by atoms with Crippen LogP contribution in [0.3, 0.4) is 0 Å². The highest BCUT2D eigenvalue weighted by Gasteiger charge is 2.37. The second-order valence-electron chi connectivity index (χ2n) is 4.09. The minimum absolute atomic E-state index is 0.0350. The van der Waals surface area contributed by atoms with E-state index >= 15 is 0 Å². The Morgan fingerprint density at radius 3 is 1.86 bits per heavy atom. The summed E-state index contributed by atoms with van der Waals surface area (Å²) < 4.78 is 76.5. The van der Waals surface area contributed by atoms with Crippen molar-refractivity contribution < 1.29 is 26.3 Å². The lowest BCUT2D eigenvalue weighted by molar-refractivity contribution is -0.141. The fraction of sp³-hybridized carbons (Fsp3) is 0.154. The first-order valence-electron chi connectivity index (χ1n) is 5.50. The van der Waals surface area contributed by atoms with Crippen LogP contribution in [-0.2, 0) is 12.4 Å². The van der Waals surface area contributed by atoms with Crippen LogP contribution >= 0.6 is 22.6 Å². The summed E-state index contributed by atoms with van der Waals surface area (Å²) in [6.07, 6.45) is -8.20. The summed E-state index contributed by atoms with van der Waals surface area (Å²) >= 11 is 1.69. The lowest BCUT2D eigenvalue weighted by Crippen LogP contribution is -2.11. The number of benzene rings is 1. The summed E-state index contributed by atoms with van der Waals surface area (Å²) in [6, 6.07) is 4.88. The maximum atomic E-state index is 12.9. The van der Waals surface area contributed by atoms with E-state index in [4.69, 9.17) is 0 Å². The predicted molar refractivity (Wildman–Crippen MR) is 72.4 cm³/mol. The van der Waals surface area contributed by atoms with Gasteiger partial charge in [-0.25, -0.2) is 0 Å². The van der Waals surface area contributed by atoms with Crippen molar-refractivity contribution in [3.8, 4) is 11.1 Å². The van der Waals surface area contributed by atoms with Gasteiger partial charge in [-0.2, -0.15) is 26.3 Å². The maximum absolute atomic E-state index is 12.9. The van der Waals surface area contributed by atoms with Gasteiger partial charge in [0, 0.05) is 15.3 Å².